The van der Waals surface area contributed by atoms with Crippen LogP contribution in [-0.4, -0.2) is 38.8 Å². The van der Waals surface area contributed by atoms with Gasteiger partial charge in [0.2, 0.25) is 5.91 Å². The molecule has 0 spiro atoms. The zero-order valence-corrected chi connectivity index (χ0v) is 18.3. The number of rotatable bonds is 4. The number of hydrogen-bond donors (Lipinski definition) is 1. The number of fused-ring (bicyclic) bond motifs is 1. The number of thioether (sulfide) groups is 1. The first-order valence-electron chi connectivity index (χ1n) is 9.82. The number of anilines is 1. The molecule has 0 fully saturated rings. The predicted octanol–water partition coefficient (Wildman–Crippen LogP) is 4.19. The van der Waals surface area contributed by atoms with Crippen LogP contribution in [0.3, 0.4) is 0 Å². The van der Waals surface area contributed by atoms with E-state index in [4.69, 9.17) is 0 Å². The second-order valence-corrected chi connectivity index (χ2v) is 8.90. The van der Waals surface area contributed by atoms with Crippen LogP contribution in [0.25, 0.3) is 5.69 Å². The number of aromatic nitrogens is 2. The quantitative estimate of drug-likeness (QED) is 0.687. The number of para-hydroxylation sites is 1. The lowest BCUT2D eigenvalue weighted by atomic mass is 10.1. The Morgan fingerprint density at radius 3 is 2.67 bits per heavy atom. The minimum Gasteiger partial charge on any atom is -0.337 e. The zero-order chi connectivity index (χ0) is 21.4. The molecule has 4 rings (SSSR count). The predicted molar refractivity (Wildman–Crippen MR) is 119 cm³/mol. The second-order valence-electron chi connectivity index (χ2n) is 7.52. The molecule has 3 aromatic rings. The van der Waals surface area contributed by atoms with Crippen molar-refractivity contribution in [1.29, 1.82) is 0 Å². The van der Waals surface area contributed by atoms with Crippen molar-refractivity contribution < 1.29 is 9.59 Å². The van der Waals surface area contributed by atoms with E-state index in [1.54, 1.807) is 18.0 Å². The summed E-state index contributed by atoms with van der Waals surface area (Å²) in [6, 6.07) is 15.4. The molecule has 1 aliphatic heterocycles. The first-order valence-corrected chi connectivity index (χ1v) is 10.7. The van der Waals surface area contributed by atoms with Gasteiger partial charge < -0.3 is 10.2 Å². The number of amides is 2. The first-order chi connectivity index (χ1) is 14.3. The average Bonchev–Trinajstić information content (AvgIpc) is 3.02. The highest BCUT2D eigenvalue weighted by Gasteiger charge is 2.25. The van der Waals surface area contributed by atoms with E-state index in [1.807, 2.05) is 67.9 Å². The Balaban J connectivity index is 1.56. The third kappa shape index (κ3) is 3.73. The van der Waals surface area contributed by atoms with E-state index in [0.29, 0.717) is 17.8 Å². The summed E-state index contributed by atoms with van der Waals surface area (Å²) in [5.41, 5.74) is 5.20. The number of carbonyl (C=O) groups is 2. The summed E-state index contributed by atoms with van der Waals surface area (Å²) >= 11 is 1.51. The van der Waals surface area contributed by atoms with Gasteiger partial charge in [-0.05, 0) is 51.1 Å². The molecule has 154 valence electrons. The Kier molecular flexibility index (Phi) is 5.39. The van der Waals surface area contributed by atoms with Crippen molar-refractivity contribution in [1.82, 2.24) is 14.7 Å². The Labute approximate surface area is 180 Å². The molecule has 1 atom stereocenters. The minimum absolute atomic E-state index is 0.0370. The Bertz CT molecular complexity index is 1120. The van der Waals surface area contributed by atoms with E-state index in [1.165, 1.54) is 11.8 Å². The van der Waals surface area contributed by atoms with Crippen molar-refractivity contribution in [3.8, 4) is 5.69 Å². The van der Waals surface area contributed by atoms with Gasteiger partial charge in [0.25, 0.3) is 5.91 Å². The number of nitrogens with zero attached hydrogens (tertiary/aromatic N) is 3. The van der Waals surface area contributed by atoms with Crippen LogP contribution in [-0.2, 0) is 11.3 Å². The Morgan fingerprint density at radius 2 is 1.93 bits per heavy atom. The third-order valence-electron chi connectivity index (χ3n) is 5.34. The van der Waals surface area contributed by atoms with Gasteiger partial charge in [0, 0.05) is 35.3 Å². The van der Waals surface area contributed by atoms with Gasteiger partial charge in [0.1, 0.15) is 0 Å². The third-order valence-corrected chi connectivity index (χ3v) is 6.52. The first kappa shape index (κ1) is 20.2. The van der Waals surface area contributed by atoms with Gasteiger partial charge in [0.05, 0.1) is 22.3 Å². The van der Waals surface area contributed by atoms with Crippen LogP contribution in [0, 0.1) is 13.8 Å². The fourth-order valence-corrected chi connectivity index (χ4v) is 4.53. The SMILES string of the molecule is Cc1nn(-c2ccccc2)c(C)c1CN(C)C(=O)c1ccc2c(c1)NC(=O)[C@@H](C)S2. The molecule has 1 aromatic heterocycles. The normalized spacial score (nSPS) is 15.5. The summed E-state index contributed by atoms with van der Waals surface area (Å²) in [5, 5.41) is 7.43. The van der Waals surface area contributed by atoms with E-state index in [9.17, 15) is 9.59 Å². The molecular formula is C23H24N4O2S. The van der Waals surface area contributed by atoms with Crippen LogP contribution >= 0.6 is 11.8 Å². The van der Waals surface area contributed by atoms with Crippen molar-refractivity contribution in [2.75, 3.05) is 12.4 Å². The summed E-state index contributed by atoms with van der Waals surface area (Å²) in [7, 11) is 1.79. The molecule has 30 heavy (non-hydrogen) atoms. The lowest BCUT2D eigenvalue weighted by Crippen LogP contribution is -2.28. The average molecular weight is 421 g/mol. The molecule has 1 N–H and O–H groups in total. The molecule has 2 amide bonds. The molecule has 2 aromatic carbocycles. The van der Waals surface area contributed by atoms with Gasteiger partial charge >= 0.3 is 0 Å². The van der Waals surface area contributed by atoms with E-state index < -0.39 is 0 Å². The highest BCUT2D eigenvalue weighted by molar-refractivity contribution is 8.00. The molecule has 2 heterocycles. The van der Waals surface area contributed by atoms with Crippen LogP contribution in [0.1, 0.15) is 34.2 Å². The standard InChI is InChI=1S/C23H24N4O2S/c1-14-19(15(2)27(25-14)18-8-6-5-7-9-18)13-26(4)23(29)17-10-11-21-20(12-17)24-22(28)16(3)30-21/h5-12,16H,13H2,1-4H3,(H,24,28)/t16-/m1/s1. The Morgan fingerprint density at radius 1 is 1.20 bits per heavy atom. The molecule has 0 radical (unpaired) electrons. The second kappa shape index (κ2) is 7.99. The van der Waals surface area contributed by atoms with Gasteiger partial charge in [-0.2, -0.15) is 5.10 Å². The maximum absolute atomic E-state index is 13.1. The molecule has 0 saturated heterocycles. The molecule has 0 aliphatic carbocycles. The molecule has 0 saturated carbocycles. The van der Waals surface area contributed by atoms with Gasteiger partial charge in [-0.3, -0.25) is 9.59 Å². The van der Waals surface area contributed by atoms with Crippen molar-refractivity contribution in [3.63, 3.8) is 0 Å². The van der Waals surface area contributed by atoms with Gasteiger partial charge in [-0.15, -0.1) is 11.8 Å². The zero-order valence-electron chi connectivity index (χ0n) is 17.5. The molecule has 1 aliphatic rings. The van der Waals surface area contributed by atoms with E-state index in [-0.39, 0.29) is 17.1 Å². The molecular weight excluding hydrogens is 396 g/mol. The fraction of sp³-hybridized carbons (Fsp3) is 0.261. The fourth-order valence-electron chi connectivity index (χ4n) is 3.60. The Hall–Kier alpha value is -3.06. The molecule has 0 bridgehead atoms. The molecule has 6 nitrogen and oxygen atoms in total. The number of aryl methyl sites for hydroxylation is 1. The van der Waals surface area contributed by atoms with Crippen molar-refractivity contribution in [2.45, 2.75) is 37.5 Å². The van der Waals surface area contributed by atoms with Crippen molar-refractivity contribution >= 4 is 29.3 Å². The molecule has 0 unspecified atom stereocenters. The summed E-state index contributed by atoms with van der Waals surface area (Å²) < 4.78 is 1.91. The maximum Gasteiger partial charge on any atom is 0.253 e. The topological polar surface area (TPSA) is 67.2 Å². The van der Waals surface area contributed by atoms with E-state index >= 15 is 0 Å². The summed E-state index contributed by atoms with van der Waals surface area (Å²) in [6.07, 6.45) is 0. The van der Waals surface area contributed by atoms with E-state index in [2.05, 4.69) is 10.4 Å². The maximum atomic E-state index is 13.1. The van der Waals surface area contributed by atoms with Gasteiger partial charge in [0.15, 0.2) is 0 Å². The number of benzene rings is 2. The smallest absolute Gasteiger partial charge is 0.253 e. The number of nitrogens with one attached hydrogen (secondary N) is 1. The van der Waals surface area contributed by atoms with Crippen LogP contribution in [0.2, 0.25) is 0 Å². The van der Waals surface area contributed by atoms with Crippen LogP contribution in [0.5, 0.6) is 0 Å². The van der Waals surface area contributed by atoms with Crippen LogP contribution in [0.15, 0.2) is 53.4 Å². The van der Waals surface area contributed by atoms with E-state index in [0.717, 1.165) is 27.5 Å². The van der Waals surface area contributed by atoms with Gasteiger partial charge in [-0.1, -0.05) is 18.2 Å². The summed E-state index contributed by atoms with van der Waals surface area (Å²) in [5.74, 6) is -0.132. The lowest BCUT2D eigenvalue weighted by Gasteiger charge is -2.23. The summed E-state index contributed by atoms with van der Waals surface area (Å²) in [4.78, 5) is 27.7. The summed E-state index contributed by atoms with van der Waals surface area (Å²) in [6.45, 7) is 6.31. The van der Waals surface area contributed by atoms with Gasteiger partial charge in [-0.25, -0.2) is 4.68 Å². The highest BCUT2D eigenvalue weighted by atomic mass is 32.2. The van der Waals surface area contributed by atoms with Crippen molar-refractivity contribution in [2.24, 2.45) is 0 Å². The molecule has 7 heteroatoms. The number of carbonyl (C=O) groups excluding carboxylic acids is 2. The minimum atomic E-state index is -0.131. The number of hydrogen-bond acceptors (Lipinski definition) is 4. The monoisotopic (exact) mass is 420 g/mol. The van der Waals surface area contributed by atoms with Crippen LogP contribution in [0.4, 0.5) is 5.69 Å². The largest absolute Gasteiger partial charge is 0.337 e. The highest BCUT2D eigenvalue weighted by Crippen LogP contribution is 2.36. The van der Waals surface area contributed by atoms with Crippen LogP contribution < -0.4 is 5.32 Å². The lowest BCUT2D eigenvalue weighted by molar-refractivity contribution is -0.115. The van der Waals surface area contributed by atoms with Crippen molar-refractivity contribution in [3.05, 3.63) is 71.0 Å².